The Kier molecular flexibility index (Phi) is 5.05. The fourth-order valence-electron chi connectivity index (χ4n) is 4.36. The van der Waals surface area contributed by atoms with Gasteiger partial charge in [0.2, 0.25) is 5.95 Å². The summed E-state index contributed by atoms with van der Waals surface area (Å²) in [5.41, 5.74) is 3.28. The highest BCUT2D eigenvalue weighted by molar-refractivity contribution is 5.99. The maximum atomic E-state index is 13.1. The van der Waals surface area contributed by atoms with Crippen LogP contribution in [0.15, 0.2) is 53.7 Å². The van der Waals surface area contributed by atoms with Gasteiger partial charge in [0.25, 0.3) is 0 Å². The lowest BCUT2D eigenvalue weighted by Crippen LogP contribution is -2.31. The number of benzene rings is 2. The van der Waals surface area contributed by atoms with Gasteiger partial charge in [0.15, 0.2) is 11.6 Å². The summed E-state index contributed by atoms with van der Waals surface area (Å²) in [6.45, 7) is 0. The lowest BCUT2D eigenvalue weighted by atomic mass is 9.85. The number of methoxy groups -OCH3 is 3. The van der Waals surface area contributed by atoms with Crippen molar-refractivity contribution in [1.29, 1.82) is 0 Å². The fraction of sp³-hybridized carbons (Fsp3) is 0.292. The molecule has 8 nitrogen and oxygen atoms in total. The summed E-state index contributed by atoms with van der Waals surface area (Å²) in [4.78, 5) is 17.8. The van der Waals surface area contributed by atoms with Crippen molar-refractivity contribution in [3.63, 3.8) is 0 Å². The number of nitrogens with zero attached hydrogens (tertiary/aromatic N) is 3. The highest BCUT2D eigenvalue weighted by atomic mass is 16.5. The molecule has 2 aromatic carbocycles. The number of carbonyl (C=O) groups is 1. The third kappa shape index (κ3) is 3.28. The number of nitrogens with one attached hydrogen (secondary N) is 1. The number of ketones is 1. The lowest BCUT2D eigenvalue weighted by molar-refractivity contribution is -0.116. The molecule has 3 aromatic rings. The summed E-state index contributed by atoms with van der Waals surface area (Å²) in [5.74, 6) is 3.38. The molecule has 2 heterocycles. The lowest BCUT2D eigenvalue weighted by Gasteiger charge is -2.32. The Hall–Kier alpha value is -3.81. The number of carbonyl (C=O) groups excluding carboxylic acids is 1. The van der Waals surface area contributed by atoms with Crippen LogP contribution >= 0.6 is 0 Å². The summed E-state index contributed by atoms with van der Waals surface area (Å²) in [7, 11) is 4.87. The van der Waals surface area contributed by atoms with Gasteiger partial charge in [-0.1, -0.05) is 0 Å². The molecule has 0 spiro atoms. The van der Waals surface area contributed by atoms with Crippen molar-refractivity contribution >= 4 is 11.7 Å². The molecule has 0 unspecified atom stereocenters. The maximum Gasteiger partial charge on any atom is 0.226 e. The summed E-state index contributed by atoms with van der Waals surface area (Å²) >= 11 is 0. The summed E-state index contributed by atoms with van der Waals surface area (Å²) in [6.07, 6.45) is 2.11. The van der Waals surface area contributed by atoms with Crippen LogP contribution in [0.4, 0.5) is 5.95 Å². The zero-order valence-electron chi connectivity index (χ0n) is 18.2. The molecule has 0 fully saturated rings. The first-order valence-corrected chi connectivity index (χ1v) is 10.5. The Morgan fingerprint density at radius 1 is 0.969 bits per heavy atom. The number of Topliss-reactive ketones (excluding diaryl/α,β-unsaturated/α-hetero) is 1. The second-order valence-electron chi connectivity index (χ2n) is 7.74. The average molecular weight is 432 g/mol. The van der Waals surface area contributed by atoms with Crippen molar-refractivity contribution in [2.45, 2.75) is 25.3 Å². The number of ether oxygens (including phenoxy) is 3. The van der Waals surface area contributed by atoms with E-state index in [2.05, 4.69) is 5.32 Å². The second kappa shape index (κ2) is 8.03. The van der Waals surface area contributed by atoms with E-state index in [0.717, 1.165) is 35.4 Å². The van der Waals surface area contributed by atoms with Gasteiger partial charge in [-0.2, -0.15) is 4.98 Å². The molecule has 164 valence electrons. The predicted octanol–water partition coefficient (Wildman–Crippen LogP) is 3.99. The molecule has 1 aromatic heterocycles. The SMILES string of the molecule is COc1ccc(-c2nc3n(n2)[C@@H](c2cc(OC)ccc2OC)C2=C(CCCC2=O)N3)cc1. The Morgan fingerprint density at radius 2 is 1.72 bits per heavy atom. The van der Waals surface area contributed by atoms with Crippen molar-refractivity contribution in [1.82, 2.24) is 14.8 Å². The van der Waals surface area contributed by atoms with Gasteiger partial charge in [0, 0.05) is 28.8 Å². The molecule has 0 amide bonds. The maximum absolute atomic E-state index is 13.1. The molecule has 0 saturated carbocycles. The minimum Gasteiger partial charge on any atom is -0.497 e. The van der Waals surface area contributed by atoms with E-state index >= 15 is 0 Å². The van der Waals surface area contributed by atoms with Crippen LogP contribution in [0.25, 0.3) is 11.4 Å². The van der Waals surface area contributed by atoms with Gasteiger partial charge in [0.05, 0.1) is 21.3 Å². The first kappa shape index (κ1) is 20.1. The van der Waals surface area contributed by atoms with E-state index in [1.165, 1.54) is 0 Å². The molecule has 0 saturated heterocycles. The molecule has 32 heavy (non-hydrogen) atoms. The highest BCUT2D eigenvalue weighted by Crippen LogP contribution is 2.44. The third-order valence-corrected chi connectivity index (χ3v) is 5.95. The monoisotopic (exact) mass is 432 g/mol. The van der Waals surface area contributed by atoms with Crippen LogP contribution in [0.1, 0.15) is 30.9 Å². The first-order valence-electron chi connectivity index (χ1n) is 10.5. The van der Waals surface area contributed by atoms with Crippen molar-refractivity contribution in [3.05, 3.63) is 59.3 Å². The van der Waals surface area contributed by atoms with Crippen molar-refractivity contribution in [2.24, 2.45) is 0 Å². The van der Waals surface area contributed by atoms with Crippen molar-refractivity contribution in [3.8, 4) is 28.6 Å². The van der Waals surface area contributed by atoms with Crippen LogP contribution < -0.4 is 19.5 Å². The Balaban J connectivity index is 1.68. The van der Waals surface area contributed by atoms with Crippen molar-refractivity contribution < 1.29 is 19.0 Å². The number of hydrogen-bond acceptors (Lipinski definition) is 7. The molecule has 8 heteroatoms. The molecule has 0 bridgehead atoms. The molecule has 5 rings (SSSR count). The minimum atomic E-state index is -0.460. The van der Waals surface area contributed by atoms with Gasteiger partial charge < -0.3 is 19.5 Å². The zero-order valence-corrected chi connectivity index (χ0v) is 18.2. The van der Waals surface area contributed by atoms with Crippen molar-refractivity contribution in [2.75, 3.05) is 26.6 Å². The van der Waals surface area contributed by atoms with Gasteiger partial charge >= 0.3 is 0 Å². The van der Waals surface area contributed by atoms with E-state index in [4.69, 9.17) is 24.3 Å². The largest absolute Gasteiger partial charge is 0.497 e. The van der Waals surface area contributed by atoms with Crippen LogP contribution in [-0.2, 0) is 4.79 Å². The number of allylic oxidation sites excluding steroid dienone is 2. The second-order valence-corrected chi connectivity index (χ2v) is 7.74. The standard InChI is InChI=1S/C24H24N4O4/c1-30-15-9-7-14(8-10-15)23-26-24-25-18-5-4-6-19(29)21(18)22(28(24)27-23)17-13-16(31-2)11-12-20(17)32-3/h7-13,22H,4-6H2,1-3H3,(H,25,26,27)/t22-/m0/s1. The summed E-state index contributed by atoms with van der Waals surface area (Å²) in [6, 6.07) is 12.7. The topological polar surface area (TPSA) is 87.5 Å². The van der Waals surface area contributed by atoms with E-state index in [0.29, 0.717) is 35.3 Å². The van der Waals surface area contributed by atoms with Gasteiger partial charge in [-0.3, -0.25) is 4.79 Å². The minimum absolute atomic E-state index is 0.112. The number of hydrogen-bond donors (Lipinski definition) is 1. The normalized spacial score (nSPS) is 17.3. The Labute approximate surface area is 185 Å². The van der Waals surface area contributed by atoms with Crippen LogP contribution in [0, 0.1) is 0 Å². The average Bonchev–Trinajstić information content (AvgIpc) is 3.26. The Morgan fingerprint density at radius 3 is 2.44 bits per heavy atom. The molecule has 1 atom stereocenters. The van der Waals surface area contributed by atoms with Crippen LogP contribution in [0.5, 0.6) is 17.2 Å². The predicted molar refractivity (Wildman–Crippen MR) is 119 cm³/mol. The number of anilines is 1. The Bertz CT molecular complexity index is 1210. The number of aromatic nitrogens is 3. The van der Waals surface area contributed by atoms with Gasteiger partial charge in [-0.05, 0) is 55.3 Å². The molecule has 1 N–H and O–H groups in total. The summed E-state index contributed by atoms with van der Waals surface area (Å²) < 4.78 is 18.2. The van der Waals surface area contributed by atoms with E-state index in [-0.39, 0.29) is 5.78 Å². The van der Waals surface area contributed by atoms with Gasteiger partial charge in [-0.15, -0.1) is 5.10 Å². The molecule has 0 radical (unpaired) electrons. The number of fused-ring (bicyclic) bond motifs is 1. The smallest absolute Gasteiger partial charge is 0.226 e. The molecule has 1 aliphatic carbocycles. The molecule has 2 aliphatic rings. The molecular weight excluding hydrogens is 408 g/mol. The van der Waals surface area contributed by atoms with E-state index in [9.17, 15) is 4.79 Å². The quantitative estimate of drug-likeness (QED) is 0.652. The van der Waals surface area contributed by atoms with E-state index in [1.54, 1.807) is 26.0 Å². The van der Waals surface area contributed by atoms with Crippen LogP contribution in [-0.4, -0.2) is 41.9 Å². The third-order valence-electron chi connectivity index (χ3n) is 5.95. The van der Waals surface area contributed by atoms with E-state index in [1.807, 2.05) is 42.5 Å². The van der Waals surface area contributed by atoms with Crippen LogP contribution in [0.3, 0.4) is 0 Å². The fourth-order valence-corrected chi connectivity index (χ4v) is 4.36. The zero-order chi connectivity index (χ0) is 22.2. The van der Waals surface area contributed by atoms with E-state index < -0.39 is 6.04 Å². The molecule has 1 aliphatic heterocycles. The number of rotatable bonds is 5. The van der Waals surface area contributed by atoms with Crippen LogP contribution in [0.2, 0.25) is 0 Å². The van der Waals surface area contributed by atoms with Gasteiger partial charge in [-0.25, -0.2) is 4.68 Å². The molecular formula is C24H24N4O4. The van der Waals surface area contributed by atoms with Gasteiger partial charge in [0.1, 0.15) is 23.3 Å². The highest BCUT2D eigenvalue weighted by Gasteiger charge is 2.38. The first-order chi connectivity index (χ1) is 15.6. The summed E-state index contributed by atoms with van der Waals surface area (Å²) in [5, 5.41) is 8.17.